The van der Waals surface area contributed by atoms with Crippen molar-refractivity contribution in [3.8, 4) is 6.07 Å². The van der Waals surface area contributed by atoms with Gasteiger partial charge >= 0.3 is 0 Å². The lowest BCUT2D eigenvalue weighted by Crippen LogP contribution is -2.40. The van der Waals surface area contributed by atoms with Gasteiger partial charge in [-0.2, -0.15) is 5.26 Å². The molecule has 1 aromatic carbocycles. The molecule has 0 saturated heterocycles. The number of benzene rings is 1. The molecule has 1 amide bonds. The zero-order chi connectivity index (χ0) is 17.1. The number of nitriles is 1. The van der Waals surface area contributed by atoms with Gasteiger partial charge in [-0.15, -0.1) is 0 Å². The number of nitrogens with zero attached hydrogens (tertiary/aromatic N) is 1. The van der Waals surface area contributed by atoms with Gasteiger partial charge in [0.25, 0.3) is 0 Å². The van der Waals surface area contributed by atoms with E-state index in [1.165, 1.54) is 25.0 Å². The van der Waals surface area contributed by atoms with E-state index in [2.05, 4.69) is 5.32 Å². The van der Waals surface area contributed by atoms with E-state index in [1.807, 2.05) is 13.8 Å². The molecule has 1 aliphatic rings. The van der Waals surface area contributed by atoms with Gasteiger partial charge in [0.1, 0.15) is 0 Å². The molecule has 0 atom stereocenters. The fourth-order valence-corrected chi connectivity index (χ4v) is 3.08. The molecule has 0 aromatic heterocycles. The first-order chi connectivity index (χ1) is 10.8. The number of hydrogen-bond acceptors (Lipinski definition) is 4. The van der Waals surface area contributed by atoms with Crippen LogP contribution in [0.25, 0.3) is 0 Å². The zero-order valence-electron chi connectivity index (χ0n) is 13.2. The number of nitrogens with one attached hydrogen (secondary N) is 1. The molecule has 0 aliphatic heterocycles. The normalized spacial score (nSPS) is 15.3. The van der Waals surface area contributed by atoms with Gasteiger partial charge in [0.2, 0.25) is 15.7 Å². The highest BCUT2D eigenvalue weighted by atomic mass is 32.2. The van der Waals surface area contributed by atoms with Crippen LogP contribution < -0.4 is 5.32 Å². The number of amides is 1. The molecule has 1 saturated carbocycles. The molecule has 23 heavy (non-hydrogen) atoms. The van der Waals surface area contributed by atoms with Crippen molar-refractivity contribution in [3.05, 3.63) is 41.3 Å². The molecule has 1 aromatic rings. The highest BCUT2D eigenvalue weighted by Crippen LogP contribution is 2.29. The smallest absolute Gasteiger partial charge is 0.230 e. The Labute approximate surface area is 136 Å². The molecule has 0 spiro atoms. The second-order valence-electron chi connectivity index (χ2n) is 6.28. The fourth-order valence-electron chi connectivity index (χ4n) is 2.17. The molecule has 5 nitrogen and oxygen atoms in total. The second kappa shape index (κ2) is 6.55. The van der Waals surface area contributed by atoms with Gasteiger partial charge in [0, 0.05) is 18.0 Å². The van der Waals surface area contributed by atoms with E-state index in [0.29, 0.717) is 12.5 Å². The van der Waals surface area contributed by atoms with Crippen molar-refractivity contribution in [3.63, 3.8) is 0 Å². The molecule has 1 N–H and O–H groups in total. The topological polar surface area (TPSA) is 87.0 Å². The quantitative estimate of drug-likeness (QED) is 0.810. The summed E-state index contributed by atoms with van der Waals surface area (Å²) in [5, 5.41) is 12.3. The monoisotopic (exact) mass is 332 g/mol. The van der Waals surface area contributed by atoms with E-state index >= 15 is 0 Å². The molecule has 1 fully saturated rings. The van der Waals surface area contributed by atoms with Gasteiger partial charge < -0.3 is 5.32 Å². The van der Waals surface area contributed by atoms with Crippen LogP contribution in [0.1, 0.15) is 32.3 Å². The Morgan fingerprint density at radius 3 is 2.48 bits per heavy atom. The Kier molecular flexibility index (Phi) is 4.90. The first kappa shape index (κ1) is 17.2. The van der Waals surface area contributed by atoms with Crippen LogP contribution in [-0.2, 0) is 20.0 Å². The first-order valence-electron chi connectivity index (χ1n) is 7.47. The van der Waals surface area contributed by atoms with Crippen LogP contribution in [0.2, 0.25) is 0 Å². The summed E-state index contributed by atoms with van der Waals surface area (Å²) < 4.78 is 23.9. The van der Waals surface area contributed by atoms with Gasteiger partial charge in [-0.1, -0.05) is 12.1 Å². The fraction of sp³-hybridized carbons (Fsp3) is 0.412. The minimum absolute atomic E-state index is 0.0654. The van der Waals surface area contributed by atoms with Crippen LogP contribution in [0, 0.1) is 17.2 Å². The number of rotatable bonds is 6. The van der Waals surface area contributed by atoms with Gasteiger partial charge in [0.15, 0.2) is 0 Å². The van der Waals surface area contributed by atoms with Crippen LogP contribution in [-0.4, -0.2) is 20.9 Å². The summed E-state index contributed by atoms with van der Waals surface area (Å²) >= 11 is 0. The zero-order valence-corrected chi connectivity index (χ0v) is 14.1. The number of carbonyl (C=O) groups excluding carboxylic acids is 1. The van der Waals surface area contributed by atoms with Crippen molar-refractivity contribution in [1.29, 1.82) is 5.26 Å². The highest BCUT2D eigenvalue weighted by molar-refractivity contribution is 7.94. The molecule has 0 unspecified atom stereocenters. The van der Waals surface area contributed by atoms with E-state index < -0.39 is 15.3 Å². The highest BCUT2D eigenvalue weighted by Gasteiger charge is 2.31. The van der Waals surface area contributed by atoms with Gasteiger partial charge in [-0.05, 0) is 50.3 Å². The minimum atomic E-state index is -3.62. The minimum Gasteiger partial charge on any atom is -0.355 e. The third kappa shape index (κ3) is 4.20. The third-order valence-corrected chi connectivity index (χ3v) is 5.47. The number of sulfone groups is 1. The molecule has 0 bridgehead atoms. The van der Waals surface area contributed by atoms with Crippen molar-refractivity contribution in [1.82, 2.24) is 5.32 Å². The lowest BCUT2D eigenvalue weighted by Gasteiger charge is -2.24. The average molecular weight is 332 g/mol. The van der Waals surface area contributed by atoms with E-state index in [9.17, 15) is 13.2 Å². The van der Waals surface area contributed by atoms with E-state index in [1.54, 1.807) is 18.2 Å². The summed E-state index contributed by atoms with van der Waals surface area (Å²) in [6.07, 6.45) is 3.27. The molecule has 122 valence electrons. The first-order valence-corrected chi connectivity index (χ1v) is 9.02. The maximum Gasteiger partial charge on any atom is 0.230 e. The van der Waals surface area contributed by atoms with Crippen molar-refractivity contribution >= 4 is 15.7 Å². The van der Waals surface area contributed by atoms with Crippen LogP contribution in [0.15, 0.2) is 40.6 Å². The van der Waals surface area contributed by atoms with Crippen LogP contribution >= 0.6 is 0 Å². The molecular weight excluding hydrogens is 312 g/mol. The maximum absolute atomic E-state index is 12.3. The standard InChI is InChI=1S/C17H20N2O3S/c1-17(2,16(20)19-12-13-4-5-13)14-6-8-15(9-7-14)23(21,22)11-3-10-18/h3,6-9,11,13H,4-5,12H2,1-2H3,(H,19,20). The molecule has 6 heteroatoms. The predicted molar refractivity (Wildman–Crippen MR) is 87.1 cm³/mol. The van der Waals surface area contributed by atoms with E-state index in [-0.39, 0.29) is 10.8 Å². The number of allylic oxidation sites excluding steroid dienone is 1. The summed E-state index contributed by atoms with van der Waals surface area (Å²) in [5.74, 6) is 0.540. The molecular formula is C17H20N2O3S. The molecule has 2 rings (SSSR count). The van der Waals surface area contributed by atoms with Crippen molar-refractivity contribution in [2.75, 3.05) is 6.54 Å². The Balaban J connectivity index is 2.15. The third-order valence-electron chi connectivity index (χ3n) is 4.04. The van der Waals surface area contributed by atoms with Crippen LogP contribution in [0.5, 0.6) is 0 Å². The largest absolute Gasteiger partial charge is 0.355 e. The Hall–Kier alpha value is -2.13. The van der Waals surface area contributed by atoms with Crippen molar-refractivity contribution in [2.45, 2.75) is 37.0 Å². The summed E-state index contributed by atoms with van der Waals surface area (Å²) in [4.78, 5) is 12.4. The average Bonchev–Trinajstić information content (AvgIpc) is 3.35. The lowest BCUT2D eigenvalue weighted by atomic mass is 9.84. The van der Waals surface area contributed by atoms with Gasteiger partial charge in [0.05, 0.1) is 16.4 Å². The Morgan fingerprint density at radius 1 is 1.35 bits per heavy atom. The van der Waals surface area contributed by atoms with Gasteiger partial charge in [-0.3, -0.25) is 4.79 Å². The van der Waals surface area contributed by atoms with Crippen molar-refractivity contribution < 1.29 is 13.2 Å². The maximum atomic E-state index is 12.3. The predicted octanol–water partition coefficient (Wildman–Crippen LogP) is 2.30. The van der Waals surface area contributed by atoms with Gasteiger partial charge in [-0.25, -0.2) is 8.42 Å². The number of carbonyl (C=O) groups is 1. The van der Waals surface area contributed by atoms with Crippen LogP contribution in [0.3, 0.4) is 0 Å². The summed E-state index contributed by atoms with van der Waals surface area (Å²) in [6, 6.07) is 7.87. The molecule has 0 heterocycles. The Morgan fingerprint density at radius 2 is 1.96 bits per heavy atom. The summed E-state index contributed by atoms with van der Waals surface area (Å²) in [5.41, 5.74) is 0.00802. The van der Waals surface area contributed by atoms with Crippen molar-refractivity contribution in [2.24, 2.45) is 5.92 Å². The van der Waals surface area contributed by atoms with E-state index in [0.717, 1.165) is 17.0 Å². The second-order valence-corrected chi connectivity index (χ2v) is 8.11. The SMILES string of the molecule is CC(C)(C(=O)NCC1CC1)c1ccc(S(=O)(=O)C=CC#N)cc1. The lowest BCUT2D eigenvalue weighted by molar-refractivity contribution is -0.125. The number of hydrogen-bond donors (Lipinski definition) is 1. The Bertz CT molecular complexity index is 752. The summed E-state index contributed by atoms with van der Waals surface area (Å²) in [6.45, 7) is 4.33. The van der Waals surface area contributed by atoms with Crippen LogP contribution in [0.4, 0.5) is 0 Å². The molecule has 1 aliphatic carbocycles. The molecule has 0 radical (unpaired) electrons. The summed E-state index contributed by atoms with van der Waals surface area (Å²) in [7, 11) is -3.62. The van der Waals surface area contributed by atoms with E-state index in [4.69, 9.17) is 5.26 Å².